The van der Waals surface area contributed by atoms with E-state index in [9.17, 15) is 9.59 Å². The Morgan fingerprint density at radius 2 is 1.89 bits per heavy atom. The van der Waals surface area contributed by atoms with Crippen molar-refractivity contribution >= 4 is 16.7 Å². The molecule has 142 valence electrons. The zero-order chi connectivity index (χ0) is 19.6. The average molecular weight is 368 g/mol. The van der Waals surface area contributed by atoms with Crippen LogP contribution in [-0.4, -0.2) is 58.9 Å². The summed E-state index contributed by atoms with van der Waals surface area (Å²) in [5, 5.41) is 5.65. The van der Waals surface area contributed by atoms with Crippen molar-refractivity contribution in [1.82, 2.24) is 24.6 Å². The van der Waals surface area contributed by atoms with Crippen LogP contribution in [-0.2, 0) is 0 Å². The Morgan fingerprint density at radius 3 is 2.63 bits per heavy atom. The molecule has 0 amide bonds. The van der Waals surface area contributed by atoms with Gasteiger partial charge in [0.25, 0.3) is 11.1 Å². The first-order chi connectivity index (χ1) is 12.9. The highest BCUT2D eigenvalue weighted by Gasteiger charge is 2.16. The third-order valence-corrected chi connectivity index (χ3v) is 4.51. The van der Waals surface area contributed by atoms with Crippen LogP contribution in [0.5, 0.6) is 0 Å². The fourth-order valence-electron chi connectivity index (χ4n) is 2.82. The maximum Gasteiger partial charge on any atom is 0.275 e. The number of fused-ring (bicyclic) bond motifs is 1. The molecule has 2 aromatic heterocycles. The summed E-state index contributed by atoms with van der Waals surface area (Å²) in [6.07, 6.45) is 1.66. The van der Waals surface area contributed by atoms with Crippen LogP contribution in [0.3, 0.4) is 0 Å². The number of nitrogens with zero attached hydrogens (tertiary/aromatic N) is 5. The number of rotatable bonds is 6. The lowest BCUT2D eigenvalue weighted by molar-refractivity contribution is 0.415. The monoisotopic (exact) mass is 368 g/mol. The van der Waals surface area contributed by atoms with Crippen molar-refractivity contribution in [2.24, 2.45) is 0 Å². The van der Waals surface area contributed by atoms with Gasteiger partial charge in [-0.25, -0.2) is 9.67 Å². The summed E-state index contributed by atoms with van der Waals surface area (Å²) < 4.78 is 1.37. The third kappa shape index (κ3) is 4.06. The highest BCUT2D eigenvalue weighted by atomic mass is 16.1. The zero-order valence-corrected chi connectivity index (χ0v) is 16.0. The largest absolute Gasteiger partial charge is 0.344 e. The first-order valence-corrected chi connectivity index (χ1v) is 8.80. The van der Waals surface area contributed by atoms with E-state index >= 15 is 0 Å². The molecule has 1 unspecified atom stereocenters. The van der Waals surface area contributed by atoms with Crippen molar-refractivity contribution in [2.75, 3.05) is 39.1 Å². The molecule has 0 saturated carbocycles. The summed E-state index contributed by atoms with van der Waals surface area (Å²) in [7, 11) is 5.84. The summed E-state index contributed by atoms with van der Waals surface area (Å²) in [4.78, 5) is 36.2. The van der Waals surface area contributed by atoms with E-state index in [0.29, 0.717) is 23.6 Å². The number of likely N-dealkylation sites (N-methyl/N-ethyl adjacent to an activating group) is 2. The standard InChI is InChI=1S/C19H24N6O2/c1-13(25-18(27)15-8-6-5-7-14(15)12-20-25)16-11-17(26)22-19(21-16)24(4)10-9-23(2)3/h5-8,11-13H,9-10H2,1-4H3,(H,21,22,26). The van der Waals surface area contributed by atoms with Crippen LogP contribution in [0.15, 0.2) is 46.1 Å². The van der Waals surface area contributed by atoms with Crippen LogP contribution in [0.1, 0.15) is 18.7 Å². The molecule has 0 aliphatic rings. The van der Waals surface area contributed by atoms with E-state index in [1.165, 1.54) is 10.7 Å². The minimum atomic E-state index is -0.467. The predicted octanol–water partition coefficient (Wildman–Crippen LogP) is 1.09. The van der Waals surface area contributed by atoms with Crippen molar-refractivity contribution in [1.29, 1.82) is 0 Å². The molecule has 8 heteroatoms. The Kier molecular flexibility index (Phi) is 5.36. The van der Waals surface area contributed by atoms with Gasteiger partial charge in [-0.05, 0) is 27.1 Å². The van der Waals surface area contributed by atoms with Gasteiger partial charge in [0.05, 0.1) is 23.3 Å². The number of anilines is 1. The normalized spacial score (nSPS) is 12.5. The van der Waals surface area contributed by atoms with Crippen molar-refractivity contribution in [3.63, 3.8) is 0 Å². The van der Waals surface area contributed by atoms with Crippen LogP contribution in [0, 0.1) is 0 Å². The molecule has 2 heterocycles. The Labute approximate surface area is 157 Å². The van der Waals surface area contributed by atoms with Crippen molar-refractivity contribution in [2.45, 2.75) is 13.0 Å². The van der Waals surface area contributed by atoms with Gasteiger partial charge in [-0.15, -0.1) is 0 Å². The molecule has 3 rings (SSSR count). The number of nitrogens with one attached hydrogen (secondary N) is 1. The SMILES string of the molecule is CC(c1cc(=O)[nH]c(N(C)CCN(C)C)n1)n1ncc2ccccc2c1=O. The van der Waals surface area contributed by atoms with Crippen molar-refractivity contribution in [3.8, 4) is 0 Å². The number of benzene rings is 1. The van der Waals surface area contributed by atoms with Gasteiger partial charge in [0, 0.05) is 31.6 Å². The Bertz CT molecular complexity index is 1060. The molecule has 27 heavy (non-hydrogen) atoms. The maximum atomic E-state index is 12.8. The van der Waals surface area contributed by atoms with Crippen LogP contribution >= 0.6 is 0 Å². The fourth-order valence-corrected chi connectivity index (χ4v) is 2.82. The lowest BCUT2D eigenvalue weighted by Crippen LogP contribution is -2.32. The molecular weight excluding hydrogens is 344 g/mol. The quantitative estimate of drug-likeness (QED) is 0.701. The van der Waals surface area contributed by atoms with Crippen molar-refractivity contribution < 1.29 is 0 Å². The molecule has 0 fully saturated rings. The molecule has 1 atom stereocenters. The second-order valence-electron chi connectivity index (χ2n) is 6.88. The average Bonchev–Trinajstić information content (AvgIpc) is 2.65. The molecule has 0 aliphatic carbocycles. The third-order valence-electron chi connectivity index (χ3n) is 4.51. The van der Waals surface area contributed by atoms with Gasteiger partial charge in [-0.1, -0.05) is 18.2 Å². The molecule has 1 aromatic carbocycles. The van der Waals surface area contributed by atoms with E-state index in [1.807, 2.05) is 51.2 Å². The molecule has 0 aliphatic heterocycles. The second kappa shape index (κ2) is 7.71. The number of hydrogen-bond acceptors (Lipinski definition) is 6. The molecule has 0 bridgehead atoms. The highest BCUT2D eigenvalue weighted by molar-refractivity contribution is 5.80. The number of aromatic amines is 1. The van der Waals surface area contributed by atoms with Gasteiger partial charge in [-0.3, -0.25) is 14.6 Å². The number of H-pyrrole nitrogens is 1. The van der Waals surface area contributed by atoms with Crippen LogP contribution in [0.4, 0.5) is 5.95 Å². The molecule has 0 radical (unpaired) electrons. The summed E-state index contributed by atoms with van der Waals surface area (Å²) in [6, 6.07) is 8.26. The van der Waals surface area contributed by atoms with Gasteiger partial charge in [-0.2, -0.15) is 5.10 Å². The summed E-state index contributed by atoms with van der Waals surface area (Å²) in [5.41, 5.74) is 0.0351. The smallest absolute Gasteiger partial charge is 0.275 e. The number of aromatic nitrogens is 4. The fraction of sp³-hybridized carbons (Fsp3) is 0.368. The summed E-state index contributed by atoms with van der Waals surface area (Å²) >= 11 is 0. The topological polar surface area (TPSA) is 87.1 Å². The minimum Gasteiger partial charge on any atom is -0.344 e. The lowest BCUT2D eigenvalue weighted by atomic mass is 10.2. The van der Waals surface area contributed by atoms with E-state index in [0.717, 1.165) is 11.9 Å². The van der Waals surface area contributed by atoms with E-state index in [4.69, 9.17) is 0 Å². The maximum absolute atomic E-state index is 12.8. The summed E-state index contributed by atoms with van der Waals surface area (Å²) in [6.45, 7) is 3.35. The van der Waals surface area contributed by atoms with Gasteiger partial charge < -0.3 is 9.80 Å². The molecule has 3 aromatic rings. The van der Waals surface area contributed by atoms with Crippen molar-refractivity contribution in [3.05, 3.63) is 62.9 Å². The van der Waals surface area contributed by atoms with Crippen LogP contribution < -0.4 is 16.0 Å². The van der Waals surface area contributed by atoms with Crippen LogP contribution in [0.25, 0.3) is 10.8 Å². The highest BCUT2D eigenvalue weighted by Crippen LogP contribution is 2.15. The molecule has 0 spiro atoms. The van der Waals surface area contributed by atoms with Gasteiger partial charge >= 0.3 is 0 Å². The Balaban J connectivity index is 1.98. The summed E-state index contributed by atoms with van der Waals surface area (Å²) in [5.74, 6) is 0.472. The first kappa shape index (κ1) is 18.8. The van der Waals surface area contributed by atoms with Gasteiger partial charge in [0.1, 0.15) is 0 Å². The van der Waals surface area contributed by atoms with E-state index in [1.54, 1.807) is 12.3 Å². The van der Waals surface area contributed by atoms with Crippen LogP contribution in [0.2, 0.25) is 0 Å². The number of hydrogen-bond donors (Lipinski definition) is 1. The van der Waals surface area contributed by atoms with Gasteiger partial charge in [0.15, 0.2) is 0 Å². The Hall–Kier alpha value is -3.00. The van der Waals surface area contributed by atoms with E-state index < -0.39 is 6.04 Å². The van der Waals surface area contributed by atoms with E-state index in [2.05, 4.69) is 20.0 Å². The first-order valence-electron chi connectivity index (χ1n) is 8.80. The predicted molar refractivity (Wildman–Crippen MR) is 106 cm³/mol. The molecular formula is C19H24N6O2. The molecule has 1 N–H and O–H groups in total. The zero-order valence-electron chi connectivity index (χ0n) is 16.0. The van der Waals surface area contributed by atoms with E-state index in [-0.39, 0.29) is 11.1 Å². The lowest BCUT2D eigenvalue weighted by Gasteiger charge is -2.21. The second-order valence-corrected chi connectivity index (χ2v) is 6.88. The Morgan fingerprint density at radius 1 is 1.15 bits per heavy atom. The molecule has 0 saturated heterocycles. The van der Waals surface area contributed by atoms with Gasteiger partial charge in [0.2, 0.25) is 5.95 Å². The molecule has 8 nitrogen and oxygen atoms in total. The minimum absolute atomic E-state index is 0.204.